The van der Waals surface area contributed by atoms with Crippen LogP contribution in [-0.2, 0) is 43.1 Å². The van der Waals surface area contributed by atoms with Crippen LogP contribution in [0.15, 0.2) is 84.9 Å². The number of aliphatic hydroxyl groups is 1. The fourth-order valence-corrected chi connectivity index (χ4v) is 6.61. The van der Waals surface area contributed by atoms with Gasteiger partial charge in [0, 0.05) is 25.4 Å². The number of hydrogen-bond donors (Lipinski definition) is 4. The molecule has 1 fully saturated rings. The summed E-state index contributed by atoms with van der Waals surface area (Å²) >= 11 is 0. The summed E-state index contributed by atoms with van der Waals surface area (Å²) in [4.78, 5) is 57.0. The molecule has 4 rings (SSSR count). The predicted octanol–water partition coefficient (Wildman–Crippen LogP) is 4.47. The molecule has 0 bridgehead atoms. The molecule has 1 aliphatic rings. The number of aliphatic hydroxyl groups excluding tert-OH is 1. The number of carbonyl (C=O) groups is 4. The quantitative estimate of drug-likeness (QED) is 0.157. The molecule has 1 heterocycles. The molecule has 12 heteroatoms. The first-order valence-corrected chi connectivity index (χ1v) is 19.1. The zero-order valence-electron chi connectivity index (χ0n) is 33.0. The van der Waals surface area contributed by atoms with Gasteiger partial charge in [-0.15, -0.1) is 0 Å². The largest absolute Gasteiger partial charge is 0.496 e. The first-order valence-electron chi connectivity index (χ1n) is 19.1. The van der Waals surface area contributed by atoms with E-state index in [0.717, 1.165) is 16.7 Å². The van der Waals surface area contributed by atoms with Crippen LogP contribution in [0.5, 0.6) is 5.75 Å². The zero-order valence-corrected chi connectivity index (χ0v) is 33.0. The topological polar surface area (TPSA) is 156 Å². The SMILES string of the molecule is COc1ccccc1C[C@H](C[C@H](O)[C@H](Cc1ccccc1)NC(=O)OC(C)(C)C)C(=O)N[C@H](C(=O)N[C@@H](Cc1ccccc1)C(=O)N1CCOCC1)C(C)C. The summed E-state index contributed by atoms with van der Waals surface area (Å²) in [6.07, 6.45) is -1.21. The van der Waals surface area contributed by atoms with Gasteiger partial charge < -0.3 is 40.2 Å². The van der Waals surface area contributed by atoms with Gasteiger partial charge >= 0.3 is 6.09 Å². The number of alkyl carbamates (subject to hydrolysis) is 1. The van der Waals surface area contributed by atoms with Crippen LogP contribution in [0.1, 0.15) is 57.7 Å². The van der Waals surface area contributed by atoms with Gasteiger partial charge in [0.2, 0.25) is 17.7 Å². The van der Waals surface area contributed by atoms with Crippen molar-refractivity contribution in [3.8, 4) is 5.75 Å². The molecule has 3 aromatic rings. The number of amides is 4. The van der Waals surface area contributed by atoms with Gasteiger partial charge in [0.05, 0.1) is 32.5 Å². The second-order valence-corrected chi connectivity index (χ2v) is 15.4. The van der Waals surface area contributed by atoms with Crippen molar-refractivity contribution in [3.63, 3.8) is 0 Å². The van der Waals surface area contributed by atoms with E-state index >= 15 is 0 Å². The molecule has 4 amide bonds. The molecule has 55 heavy (non-hydrogen) atoms. The Balaban J connectivity index is 1.59. The Bertz CT molecular complexity index is 1670. The van der Waals surface area contributed by atoms with Crippen LogP contribution in [0.25, 0.3) is 0 Å². The van der Waals surface area contributed by atoms with E-state index in [-0.39, 0.29) is 37.5 Å². The summed E-state index contributed by atoms with van der Waals surface area (Å²) in [7, 11) is 1.55. The summed E-state index contributed by atoms with van der Waals surface area (Å²) < 4.78 is 16.6. The lowest BCUT2D eigenvalue weighted by molar-refractivity contribution is -0.141. The van der Waals surface area contributed by atoms with Crippen molar-refractivity contribution in [2.75, 3.05) is 33.4 Å². The fraction of sp³-hybridized carbons (Fsp3) is 0.488. The summed E-state index contributed by atoms with van der Waals surface area (Å²) in [5.41, 5.74) is 1.73. The number of morpholine rings is 1. The maximum Gasteiger partial charge on any atom is 0.407 e. The van der Waals surface area contributed by atoms with Gasteiger partial charge in [-0.2, -0.15) is 0 Å². The van der Waals surface area contributed by atoms with Gasteiger partial charge in [0.15, 0.2) is 0 Å². The maximum absolute atomic E-state index is 14.4. The van der Waals surface area contributed by atoms with Crippen molar-refractivity contribution in [1.82, 2.24) is 20.9 Å². The van der Waals surface area contributed by atoms with E-state index in [2.05, 4.69) is 16.0 Å². The van der Waals surface area contributed by atoms with Crippen molar-refractivity contribution in [1.29, 1.82) is 0 Å². The van der Waals surface area contributed by atoms with E-state index in [9.17, 15) is 24.3 Å². The first-order chi connectivity index (χ1) is 26.2. The molecular weight excluding hydrogens is 700 g/mol. The van der Waals surface area contributed by atoms with Crippen LogP contribution >= 0.6 is 0 Å². The van der Waals surface area contributed by atoms with Crippen molar-refractivity contribution in [2.24, 2.45) is 11.8 Å². The molecule has 298 valence electrons. The summed E-state index contributed by atoms with van der Waals surface area (Å²) in [6, 6.07) is 23.5. The third kappa shape index (κ3) is 13.7. The Kier molecular flexibility index (Phi) is 16.1. The summed E-state index contributed by atoms with van der Waals surface area (Å²) in [5.74, 6) is -1.80. The lowest BCUT2D eigenvalue weighted by Gasteiger charge is -2.32. The average molecular weight is 759 g/mol. The molecule has 0 aliphatic carbocycles. The smallest absolute Gasteiger partial charge is 0.407 e. The Morgan fingerprint density at radius 3 is 1.95 bits per heavy atom. The summed E-state index contributed by atoms with van der Waals surface area (Å²) in [5, 5.41) is 20.6. The standard InChI is InChI=1S/C43H58N4O8/c1-29(2)38(40(50)44-35(26-31-17-11-8-12-18-31)41(51)47-21-23-54-24-22-47)46-39(49)33(27-32-19-13-14-20-37(32)53-6)28-36(48)34(25-30-15-9-7-10-16-30)45-42(52)55-43(3,4)5/h7-20,29,33-36,38,48H,21-28H2,1-6H3,(H,44,50)(H,45,52)(H,46,49)/t33-,34+,35+,36+,38+/m1/s1. The van der Waals surface area contributed by atoms with E-state index in [1.807, 2.05) is 92.7 Å². The van der Waals surface area contributed by atoms with Crippen molar-refractivity contribution < 1.29 is 38.5 Å². The molecule has 4 N–H and O–H groups in total. The van der Waals surface area contributed by atoms with Crippen LogP contribution in [0.3, 0.4) is 0 Å². The van der Waals surface area contributed by atoms with Crippen molar-refractivity contribution >= 4 is 23.8 Å². The number of hydrogen-bond acceptors (Lipinski definition) is 8. The minimum Gasteiger partial charge on any atom is -0.496 e. The highest BCUT2D eigenvalue weighted by Crippen LogP contribution is 2.25. The molecule has 0 spiro atoms. The average Bonchev–Trinajstić information content (AvgIpc) is 3.16. The van der Waals surface area contributed by atoms with Gasteiger partial charge in [-0.05, 0) is 68.7 Å². The molecule has 0 aromatic heterocycles. The van der Waals surface area contributed by atoms with Crippen LogP contribution in [0.4, 0.5) is 4.79 Å². The second-order valence-electron chi connectivity index (χ2n) is 15.4. The van der Waals surface area contributed by atoms with Crippen LogP contribution in [0, 0.1) is 11.8 Å². The van der Waals surface area contributed by atoms with E-state index in [4.69, 9.17) is 14.2 Å². The molecule has 1 saturated heterocycles. The van der Waals surface area contributed by atoms with E-state index in [1.165, 1.54) is 0 Å². The van der Waals surface area contributed by atoms with Crippen LogP contribution in [0.2, 0.25) is 0 Å². The molecule has 1 aliphatic heterocycles. The second kappa shape index (κ2) is 20.7. The number of nitrogens with one attached hydrogen (secondary N) is 3. The Morgan fingerprint density at radius 1 is 0.782 bits per heavy atom. The Hall–Kier alpha value is -4.94. The number of para-hydroxylation sites is 1. The lowest BCUT2D eigenvalue weighted by atomic mass is 9.88. The highest BCUT2D eigenvalue weighted by molar-refractivity contribution is 5.93. The van der Waals surface area contributed by atoms with E-state index < -0.39 is 53.7 Å². The van der Waals surface area contributed by atoms with Gasteiger partial charge in [0.25, 0.3) is 0 Å². The monoisotopic (exact) mass is 758 g/mol. The lowest BCUT2D eigenvalue weighted by Crippen LogP contribution is -2.58. The van der Waals surface area contributed by atoms with Crippen molar-refractivity contribution in [3.05, 3.63) is 102 Å². The molecule has 0 saturated carbocycles. The van der Waals surface area contributed by atoms with E-state index in [0.29, 0.717) is 32.1 Å². The van der Waals surface area contributed by atoms with Crippen LogP contribution in [-0.4, -0.2) is 97.1 Å². The Morgan fingerprint density at radius 2 is 1.36 bits per heavy atom. The normalized spacial score (nSPS) is 15.9. The summed E-state index contributed by atoms with van der Waals surface area (Å²) in [6.45, 7) is 10.6. The molecular formula is C43H58N4O8. The maximum atomic E-state index is 14.4. The third-order valence-electron chi connectivity index (χ3n) is 9.49. The van der Waals surface area contributed by atoms with Gasteiger partial charge in [-0.1, -0.05) is 92.7 Å². The first kappa shape index (κ1) is 42.8. The molecule has 0 radical (unpaired) electrons. The van der Waals surface area contributed by atoms with Gasteiger partial charge in [-0.25, -0.2) is 4.79 Å². The number of benzene rings is 3. The predicted molar refractivity (Wildman–Crippen MR) is 210 cm³/mol. The van der Waals surface area contributed by atoms with Crippen LogP contribution < -0.4 is 20.7 Å². The Labute approximate surface area is 325 Å². The minimum absolute atomic E-state index is 0.0598. The van der Waals surface area contributed by atoms with Crippen molar-refractivity contribution in [2.45, 2.75) is 90.1 Å². The number of nitrogens with zero attached hydrogens (tertiary/aromatic N) is 1. The molecule has 3 aromatic carbocycles. The molecule has 12 nitrogen and oxygen atoms in total. The van der Waals surface area contributed by atoms with E-state index in [1.54, 1.807) is 38.8 Å². The third-order valence-corrected chi connectivity index (χ3v) is 9.49. The molecule has 5 atom stereocenters. The number of rotatable bonds is 17. The zero-order chi connectivity index (χ0) is 40.0. The van der Waals surface area contributed by atoms with Gasteiger partial charge in [0.1, 0.15) is 23.4 Å². The van der Waals surface area contributed by atoms with Gasteiger partial charge in [-0.3, -0.25) is 14.4 Å². The molecule has 0 unspecified atom stereocenters. The number of methoxy groups -OCH3 is 1. The highest BCUT2D eigenvalue weighted by Gasteiger charge is 2.35. The fourth-order valence-electron chi connectivity index (χ4n) is 6.61. The minimum atomic E-state index is -1.19. The number of ether oxygens (including phenoxy) is 3. The number of carbonyl (C=O) groups excluding carboxylic acids is 4. The highest BCUT2D eigenvalue weighted by atomic mass is 16.6.